The zero-order valence-electron chi connectivity index (χ0n) is 13.4. The SMILES string of the molecule is CC1(C)CCCC(CN2CCCCc3ccccc32)C1=O. The molecule has 0 spiro atoms. The Labute approximate surface area is 128 Å². The number of anilines is 1. The smallest absolute Gasteiger partial charge is 0.143 e. The number of aryl methyl sites for hydroxylation is 1. The minimum atomic E-state index is -0.117. The summed E-state index contributed by atoms with van der Waals surface area (Å²) in [5, 5.41) is 0. The number of ketones is 1. The molecule has 1 saturated carbocycles. The summed E-state index contributed by atoms with van der Waals surface area (Å²) >= 11 is 0. The van der Waals surface area contributed by atoms with Crippen LogP contribution in [-0.4, -0.2) is 18.9 Å². The van der Waals surface area contributed by atoms with E-state index in [1.807, 2.05) is 0 Å². The average molecular weight is 285 g/mol. The van der Waals surface area contributed by atoms with Gasteiger partial charge in [0.15, 0.2) is 0 Å². The Hall–Kier alpha value is -1.31. The molecule has 3 rings (SSSR count). The van der Waals surface area contributed by atoms with Crippen LogP contribution >= 0.6 is 0 Å². The number of benzene rings is 1. The topological polar surface area (TPSA) is 20.3 Å². The summed E-state index contributed by atoms with van der Waals surface area (Å²) in [4.78, 5) is 15.2. The van der Waals surface area contributed by atoms with E-state index in [-0.39, 0.29) is 11.3 Å². The van der Waals surface area contributed by atoms with Crippen molar-refractivity contribution < 1.29 is 4.79 Å². The minimum Gasteiger partial charge on any atom is -0.371 e. The highest BCUT2D eigenvalue weighted by atomic mass is 16.1. The molecule has 21 heavy (non-hydrogen) atoms. The molecule has 1 unspecified atom stereocenters. The molecular weight excluding hydrogens is 258 g/mol. The number of carbonyl (C=O) groups excluding carboxylic acids is 1. The lowest BCUT2D eigenvalue weighted by Crippen LogP contribution is -2.42. The largest absolute Gasteiger partial charge is 0.371 e. The van der Waals surface area contributed by atoms with E-state index in [4.69, 9.17) is 0 Å². The van der Waals surface area contributed by atoms with E-state index in [2.05, 4.69) is 43.0 Å². The van der Waals surface area contributed by atoms with Crippen LogP contribution in [0.1, 0.15) is 51.5 Å². The van der Waals surface area contributed by atoms with Crippen LogP contribution in [0, 0.1) is 11.3 Å². The summed E-state index contributed by atoms with van der Waals surface area (Å²) in [5.41, 5.74) is 2.71. The Bertz CT molecular complexity index is 520. The van der Waals surface area contributed by atoms with Gasteiger partial charge in [-0.3, -0.25) is 4.79 Å². The number of carbonyl (C=O) groups is 1. The quantitative estimate of drug-likeness (QED) is 0.810. The number of hydrogen-bond donors (Lipinski definition) is 0. The lowest BCUT2D eigenvalue weighted by Gasteiger charge is -2.37. The third-order valence-corrected chi connectivity index (χ3v) is 5.29. The molecule has 0 bridgehead atoms. The van der Waals surface area contributed by atoms with E-state index < -0.39 is 0 Å². The van der Waals surface area contributed by atoms with Crippen molar-refractivity contribution in [1.29, 1.82) is 0 Å². The van der Waals surface area contributed by atoms with Crippen LogP contribution in [-0.2, 0) is 11.2 Å². The van der Waals surface area contributed by atoms with Gasteiger partial charge < -0.3 is 4.90 Å². The first kappa shape index (κ1) is 14.6. The van der Waals surface area contributed by atoms with Gasteiger partial charge in [0.1, 0.15) is 5.78 Å². The summed E-state index contributed by atoms with van der Waals surface area (Å²) < 4.78 is 0. The second-order valence-electron chi connectivity index (χ2n) is 7.37. The minimum absolute atomic E-state index is 0.117. The van der Waals surface area contributed by atoms with Gasteiger partial charge >= 0.3 is 0 Å². The Morgan fingerprint density at radius 3 is 2.86 bits per heavy atom. The average Bonchev–Trinajstić information content (AvgIpc) is 2.67. The highest BCUT2D eigenvalue weighted by Crippen LogP contribution is 2.37. The van der Waals surface area contributed by atoms with E-state index in [1.165, 1.54) is 36.9 Å². The second-order valence-corrected chi connectivity index (χ2v) is 7.37. The summed E-state index contributed by atoms with van der Waals surface area (Å²) in [7, 11) is 0. The fourth-order valence-electron chi connectivity index (χ4n) is 4.00. The maximum atomic E-state index is 12.7. The fraction of sp³-hybridized carbons (Fsp3) is 0.632. The molecule has 1 atom stereocenters. The number of fused-ring (bicyclic) bond motifs is 1. The summed E-state index contributed by atoms with van der Waals surface area (Å²) in [5.74, 6) is 0.704. The zero-order chi connectivity index (χ0) is 14.9. The molecular formula is C19H27NO. The van der Waals surface area contributed by atoms with E-state index in [1.54, 1.807) is 0 Å². The van der Waals surface area contributed by atoms with Gasteiger partial charge in [-0.05, 0) is 43.7 Å². The summed E-state index contributed by atoms with van der Waals surface area (Å²) in [6, 6.07) is 8.75. The number of nitrogens with zero attached hydrogens (tertiary/aromatic N) is 1. The first-order valence-electron chi connectivity index (χ1n) is 8.45. The van der Waals surface area contributed by atoms with E-state index in [9.17, 15) is 4.79 Å². The van der Waals surface area contributed by atoms with Crippen LogP contribution in [0.5, 0.6) is 0 Å². The van der Waals surface area contributed by atoms with Gasteiger partial charge in [0.2, 0.25) is 0 Å². The van der Waals surface area contributed by atoms with Crippen molar-refractivity contribution in [3.63, 3.8) is 0 Å². The highest BCUT2D eigenvalue weighted by Gasteiger charge is 2.38. The maximum Gasteiger partial charge on any atom is 0.143 e. The van der Waals surface area contributed by atoms with Crippen molar-refractivity contribution in [2.24, 2.45) is 11.3 Å². The molecule has 0 aromatic heterocycles. The lowest BCUT2D eigenvalue weighted by atomic mass is 9.71. The normalized spacial score (nSPS) is 25.3. The third-order valence-electron chi connectivity index (χ3n) is 5.29. The van der Waals surface area contributed by atoms with Crippen LogP contribution < -0.4 is 4.90 Å². The van der Waals surface area contributed by atoms with Crippen LogP contribution in [0.2, 0.25) is 0 Å². The first-order valence-corrected chi connectivity index (χ1v) is 8.45. The second kappa shape index (κ2) is 5.82. The molecule has 1 aliphatic carbocycles. The monoisotopic (exact) mass is 285 g/mol. The van der Waals surface area contributed by atoms with Crippen LogP contribution in [0.25, 0.3) is 0 Å². The maximum absolute atomic E-state index is 12.7. The van der Waals surface area contributed by atoms with Crippen LogP contribution in [0.15, 0.2) is 24.3 Å². The van der Waals surface area contributed by atoms with Gasteiger partial charge in [-0.25, -0.2) is 0 Å². The third kappa shape index (κ3) is 3.00. The number of para-hydroxylation sites is 1. The van der Waals surface area contributed by atoms with Gasteiger partial charge in [0, 0.05) is 30.1 Å². The molecule has 2 nitrogen and oxygen atoms in total. The lowest BCUT2D eigenvalue weighted by molar-refractivity contribution is -0.133. The molecule has 1 heterocycles. The van der Waals surface area contributed by atoms with Gasteiger partial charge in [-0.15, -0.1) is 0 Å². The van der Waals surface area contributed by atoms with E-state index >= 15 is 0 Å². The van der Waals surface area contributed by atoms with Crippen molar-refractivity contribution in [2.75, 3.05) is 18.0 Å². The van der Waals surface area contributed by atoms with Crippen molar-refractivity contribution >= 4 is 11.5 Å². The summed E-state index contributed by atoms with van der Waals surface area (Å²) in [6.07, 6.45) is 6.99. The van der Waals surface area contributed by atoms with Gasteiger partial charge in [0.05, 0.1) is 0 Å². The van der Waals surface area contributed by atoms with Crippen molar-refractivity contribution in [3.8, 4) is 0 Å². The predicted octanol–water partition coefficient (Wildman–Crippen LogP) is 4.22. The molecule has 1 aromatic rings. The van der Waals surface area contributed by atoms with Gasteiger partial charge in [0.25, 0.3) is 0 Å². The van der Waals surface area contributed by atoms with Crippen molar-refractivity contribution in [2.45, 2.75) is 52.4 Å². The Morgan fingerprint density at radius 2 is 2.00 bits per heavy atom. The fourth-order valence-corrected chi connectivity index (χ4v) is 4.00. The summed E-state index contributed by atoms with van der Waals surface area (Å²) in [6.45, 7) is 6.26. The number of Topliss-reactive ketones (excluding diaryl/α,β-unsaturated/α-hetero) is 1. The van der Waals surface area contributed by atoms with E-state index in [0.29, 0.717) is 5.78 Å². The molecule has 0 saturated heterocycles. The highest BCUT2D eigenvalue weighted by molar-refractivity contribution is 5.87. The Balaban J connectivity index is 1.80. The van der Waals surface area contributed by atoms with Crippen LogP contribution in [0.4, 0.5) is 5.69 Å². The van der Waals surface area contributed by atoms with Crippen molar-refractivity contribution in [1.82, 2.24) is 0 Å². The zero-order valence-corrected chi connectivity index (χ0v) is 13.4. The van der Waals surface area contributed by atoms with Crippen LogP contribution in [0.3, 0.4) is 0 Å². The molecule has 1 aliphatic heterocycles. The molecule has 1 fully saturated rings. The number of hydrogen-bond acceptors (Lipinski definition) is 2. The number of rotatable bonds is 2. The van der Waals surface area contributed by atoms with E-state index in [0.717, 1.165) is 25.9 Å². The molecule has 0 radical (unpaired) electrons. The Kier molecular flexibility index (Phi) is 4.05. The molecule has 0 amide bonds. The first-order chi connectivity index (χ1) is 10.1. The molecule has 114 valence electrons. The van der Waals surface area contributed by atoms with Crippen molar-refractivity contribution in [3.05, 3.63) is 29.8 Å². The van der Waals surface area contributed by atoms with Gasteiger partial charge in [-0.2, -0.15) is 0 Å². The van der Waals surface area contributed by atoms with Gasteiger partial charge in [-0.1, -0.05) is 38.5 Å². The predicted molar refractivity (Wildman–Crippen MR) is 87.7 cm³/mol. The Morgan fingerprint density at radius 1 is 1.19 bits per heavy atom. The molecule has 2 heteroatoms. The standard InChI is InChI=1S/C19H27NO/c1-19(2)12-7-10-16(18(19)21)14-20-13-6-5-9-15-8-3-4-11-17(15)20/h3-4,8,11,16H,5-7,9-10,12-14H2,1-2H3. The molecule has 2 aliphatic rings. The molecule has 1 aromatic carbocycles. The molecule has 0 N–H and O–H groups in total.